The van der Waals surface area contributed by atoms with Crippen molar-refractivity contribution >= 4 is 5.82 Å². The van der Waals surface area contributed by atoms with Crippen LogP contribution in [0.3, 0.4) is 0 Å². The Bertz CT molecular complexity index is 331. The van der Waals surface area contributed by atoms with Gasteiger partial charge in [-0.15, -0.1) is 0 Å². The van der Waals surface area contributed by atoms with Gasteiger partial charge in [-0.2, -0.15) is 4.39 Å². The molecule has 0 atom stereocenters. The van der Waals surface area contributed by atoms with E-state index in [1.165, 1.54) is 12.4 Å². The predicted octanol–water partition coefficient (Wildman–Crippen LogP) is 2.26. The Morgan fingerprint density at radius 3 is 2.59 bits per heavy atom. The molecule has 0 amide bonds. The summed E-state index contributed by atoms with van der Waals surface area (Å²) in [6, 6.07) is 1.72. The van der Waals surface area contributed by atoms with Crippen molar-refractivity contribution in [3.8, 4) is 0 Å². The predicted molar refractivity (Wildman–Crippen MR) is 65.6 cm³/mol. The molecular formula is C12H20FN3O. The van der Waals surface area contributed by atoms with Crippen LogP contribution in [0.2, 0.25) is 0 Å². The molecule has 96 valence electrons. The number of hydrogen-bond donors (Lipinski definition) is 0. The molecule has 0 aromatic carbocycles. The Morgan fingerprint density at radius 2 is 2.06 bits per heavy atom. The van der Waals surface area contributed by atoms with Crippen LogP contribution in [0.1, 0.15) is 26.7 Å². The van der Waals surface area contributed by atoms with Crippen molar-refractivity contribution in [2.24, 2.45) is 0 Å². The average Bonchev–Trinajstić information content (AvgIpc) is 2.34. The van der Waals surface area contributed by atoms with Crippen LogP contribution in [0.5, 0.6) is 0 Å². The smallest absolute Gasteiger partial charge is 0.218 e. The fourth-order valence-corrected chi connectivity index (χ4v) is 1.88. The molecular weight excluding hydrogens is 221 g/mol. The lowest BCUT2D eigenvalue weighted by Gasteiger charge is -2.31. The van der Waals surface area contributed by atoms with Crippen LogP contribution in [0.4, 0.5) is 10.2 Å². The van der Waals surface area contributed by atoms with Crippen LogP contribution in [0.25, 0.3) is 0 Å². The van der Waals surface area contributed by atoms with Gasteiger partial charge in [0.05, 0.1) is 6.61 Å². The van der Waals surface area contributed by atoms with E-state index in [0.29, 0.717) is 25.0 Å². The van der Waals surface area contributed by atoms with E-state index in [4.69, 9.17) is 4.74 Å². The highest BCUT2D eigenvalue weighted by molar-refractivity contribution is 5.38. The fourth-order valence-electron chi connectivity index (χ4n) is 1.88. The summed E-state index contributed by atoms with van der Waals surface area (Å²) in [7, 11) is 1.66. The summed E-state index contributed by atoms with van der Waals surface area (Å²) in [5.41, 5.74) is 0. The van der Waals surface area contributed by atoms with E-state index in [-0.39, 0.29) is 0 Å². The van der Waals surface area contributed by atoms with Crippen molar-refractivity contribution in [3.05, 3.63) is 18.3 Å². The van der Waals surface area contributed by atoms with Gasteiger partial charge in [0.1, 0.15) is 12.1 Å². The third-order valence-electron chi connectivity index (χ3n) is 2.83. The molecule has 17 heavy (non-hydrogen) atoms. The maximum atomic E-state index is 13.1. The van der Waals surface area contributed by atoms with E-state index >= 15 is 0 Å². The molecule has 0 unspecified atom stereocenters. The average molecular weight is 241 g/mol. The molecule has 0 bridgehead atoms. The van der Waals surface area contributed by atoms with Gasteiger partial charge in [-0.05, 0) is 12.8 Å². The number of aromatic nitrogens is 2. The van der Waals surface area contributed by atoms with Gasteiger partial charge in [0.25, 0.3) is 0 Å². The zero-order chi connectivity index (χ0) is 12.7. The molecule has 0 radical (unpaired) electrons. The van der Waals surface area contributed by atoms with Crippen molar-refractivity contribution in [1.82, 2.24) is 9.97 Å². The van der Waals surface area contributed by atoms with Gasteiger partial charge in [-0.3, -0.25) is 0 Å². The third-order valence-corrected chi connectivity index (χ3v) is 2.83. The molecule has 0 aliphatic carbocycles. The highest BCUT2D eigenvalue weighted by Gasteiger charge is 2.17. The SMILES string of the molecule is CCC(CC)N(CCOC)c1cc(F)ncn1. The molecule has 0 saturated carbocycles. The normalized spacial score (nSPS) is 10.9. The van der Waals surface area contributed by atoms with Crippen molar-refractivity contribution in [1.29, 1.82) is 0 Å². The van der Waals surface area contributed by atoms with Gasteiger partial charge in [-0.25, -0.2) is 9.97 Å². The van der Waals surface area contributed by atoms with Crippen molar-refractivity contribution in [2.45, 2.75) is 32.7 Å². The maximum absolute atomic E-state index is 13.1. The molecule has 1 aromatic heterocycles. The number of rotatable bonds is 7. The summed E-state index contributed by atoms with van der Waals surface area (Å²) >= 11 is 0. The number of hydrogen-bond acceptors (Lipinski definition) is 4. The molecule has 5 heteroatoms. The summed E-state index contributed by atoms with van der Waals surface area (Å²) in [6.07, 6.45) is 3.24. The molecule has 0 fully saturated rings. The molecule has 1 aromatic rings. The zero-order valence-corrected chi connectivity index (χ0v) is 10.7. The monoisotopic (exact) mass is 241 g/mol. The minimum absolute atomic E-state index is 0.347. The van der Waals surface area contributed by atoms with Crippen molar-refractivity contribution < 1.29 is 9.13 Å². The molecule has 0 spiro atoms. The molecule has 1 rings (SSSR count). The summed E-state index contributed by atoms with van der Waals surface area (Å²) in [5.74, 6) is 0.131. The summed E-state index contributed by atoms with van der Waals surface area (Å²) in [5, 5.41) is 0. The van der Waals surface area contributed by atoms with Crippen LogP contribution in [0.15, 0.2) is 12.4 Å². The minimum atomic E-state index is -0.497. The first kappa shape index (κ1) is 13.8. The summed E-state index contributed by atoms with van der Waals surface area (Å²) in [6.45, 7) is 5.54. The first-order chi connectivity index (χ1) is 8.22. The molecule has 4 nitrogen and oxygen atoms in total. The van der Waals surface area contributed by atoms with Gasteiger partial charge >= 0.3 is 0 Å². The second-order valence-corrected chi connectivity index (χ2v) is 3.86. The van der Waals surface area contributed by atoms with Crippen molar-refractivity contribution in [3.63, 3.8) is 0 Å². The van der Waals surface area contributed by atoms with Gasteiger partial charge in [0.2, 0.25) is 5.95 Å². The Labute approximate surface area is 102 Å². The highest BCUT2D eigenvalue weighted by atomic mass is 19.1. The number of nitrogens with zero attached hydrogens (tertiary/aromatic N) is 3. The first-order valence-electron chi connectivity index (χ1n) is 5.96. The van der Waals surface area contributed by atoms with Crippen LogP contribution < -0.4 is 4.90 Å². The van der Waals surface area contributed by atoms with Gasteiger partial charge in [-0.1, -0.05) is 13.8 Å². The molecule has 0 N–H and O–H groups in total. The molecule has 0 aliphatic rings. The second kappa shape index (κ2) is 7.17. The summed E-state index contributed by atoms with van der Waals surface area (Å²) < 4.78 is 18.2. The number of methoxy groups -OCH3 is 1. The van der Waals surface area contributed by atoms with Crippen LogP contribution >= 0.6 is 0 Å². The van der Waals surface area contributed by atoms with Gasteiger partial charge in [0, 0.05) is 25.8 Å². The van der Waals surface area contributed by atoms with Crippen molar-refractivity contribution in [2.75, 3.05) is 25.2 Å². The van der Waals surface area contributed by atoms with E-state index in [1.807, 2.05) is 0 Å². The quantitative estimate of drug-likeness (QED) is 0.686. The largest absolute Gasteiger partial charge is 0.383 e. The van der Waals surface area contributed by atoms with Gasteiger partial charge < -0.3 is 9.64 Å². The lowest BCUT2D eigenvalue weighted by atomic mass is 10.1. The number of ether oxygens (including phenoxy) is 1. The minimum Gasteiger partial charge on any atom is -0.383 e. The lowest BCUT2D eigenvalue weighted by molar-refractivity contribution is 0.202. The third kappa shape index (κ3) is 3.93. The Hall–Kier alpha value is -1.23. The lowest BCUT2D eigenvalue weighted by Crippen LogP contribution is -2.37. The second-order valence-electron chi connectivity index (χ2n) is 3.86. The van der Waals surface area contributed by atoms with E-state index in [0.717, 1.165) is 12.8 Å². The first-order valence-corrected chi connectivity index (χ1v) is 5.96. The Balaban J connectivity index is 2.88. The van der Waals surface area contributed by atoms with Crippen LogP contribution in [-0.2, 0) is 4.74 Å². The standard InChI is InChI=1S/C12H20FN3O/c1-4-10(5-2)16(6-7-17-3)12-8-11(13)14-9-15-12/h8-10H,4-7H2,1-3H3. The van der Waals surface area contributed by atoms with Crippen LogP contribution in [0, 0.1) is 5.95 Å². The van der Waals surface area contributed by atoms with E-state index < -0.39 is 5.95 Å². The highest BCUT2D eigenvalue weighted by Crippen LogP contribution is 2.17. The zero-order valence-electron chi connectivity index (χ0n) is 10.7. The maximum Gasteiger partial charge on any atom is 0.218 e. The van der Waals surface area contributed by atoms with Gasteiger partial charge in [0.15, 0.2) is 0 Å². The Morgan fingerprint density at radius 1 is 1.35 bits per heavy atom. The molecule has 0 saturated heterocycles. The summed E-state index contributed by atoms with van der Waals surface area (Å²) in [4.78, 5) is 9.68. The topological polar surface area (TPSA) is 38.2 Å². The van der Waals surface area contributed by atoms with Crippen LogP contribution in [-0.4, -0.2) is 36.3 Å². The Kier molecular flexibility index (Phi) is 5.83. The number of halogens is 1. The van der Waals surface area contributed by atoms with E-state index in [1.54, 1.807) is 7.11 Å². The molecule has 1 heterocycles. The van der Waals surface area contributed by atoms with E-state index in [9.17, 15) is 4.39 Å². The fraction of sp³-hybridized carbons (Fsp3) is 0.667. The molecule has 0 aliphatic heterocycles. The van der Waals surface area contributed by atoms with E-state index in [2.05, 4.69) is 28.7 Å². The number of anilines is 1.